The van der Waals surface area contributed by atoms with Crippen molar-refractivity contribution in [2.75, 3.05) is 26.7 Å². The van der Waals surface area contributed by atoms with Crippen molar-refractivity contribution in [3.8, 4) is 0 Å². The van der Waals surface area contributed by atoms with E-state index in [0.29, 0.717) is 23.9 Å². The molecule has 0 aliphatic carbocycles. The number of hydrogen-bond acceptors (Lipinski definition) is 3. The molecule has 0 spiro atoms. The van der Waals surface area contributed by atoms with E-state index in [2.05, 4.69) is 5.32 Å². The number of sulfonamides is 1. The molecule has 1 aliphatic rings. The fourth-order valence-electron chi connectivity index (χ4n) is 2.38. The second kappa shape index (κ2) is 5.82. The molecule has 1 fully saturated rings. The lowest BCUT2D eigenvalue weighted by Gasteiger charge is -2.31. The molecule has 0 unspecified atom stereocenters. The second-order valence-electron chi connectivity index (χ2n) is 4.72. The van der Waals surface area contributed by atoms with Gasteiger partial charge in [0.1, 0.15) is 0 Å². The van der Waals surface area contributed by atoms with Crippen LogP contribution in [0.3, 0.4) is 0 Å². The number of rotatable bonds is 4. The summed E-state index contributed by atoms with van der Waals surface area (Å²) in [5, 5.41) is 3.15. The summed E-state index contributed by atoms with van der Waals surface area (Å²) in [4.78, 5) is 0.400. The molecule has 0 amide bonds. The topological polar surface area (TPSA) is 49.4 Å². The zero-order valence-corrected chi connectivity index (χ0v) is 11.5. The molecule has 0 aromatic heterocycles. The number of piperidine rings is 1. The van der Waals surface area contributed by atoms with E-state index >= 15 is 0 Å². The van der Waals surface area contributed by atoms with Gasteiger partial charge in [-0.25, -0.2) is 8.42 Å². The van der Waals surface area contributed by atoms with E-state index in [-0.39, 0.29) is 0 Å². The van der Waals surface area contributed by atoms with Crippen LogP contribution in [-0.2, 0) is 10.0 Å². The minimum Gasteiger partial charge on any atom is -0.319 e. The first-order valence-electron chi connectivity index (χ1n) is 6.34. The largest absolute Gasteiger partial charge is 0.319 e. The first-order valence-corrected chi connectivity index (χ1v) is 7.78. The monoisotopic (exact) mass is 268 g/mol. The van der Waals surface area contributed by atoms with Crippen LogP contribution in [0, 0.1) is 5.92 Å². The van der Waals surface area contributed by atoms with Crippen molar-refractivity contribution in [3.63, 3.8) is 0 Å². The van der Waals surface area contributed by atoms with Crippen LogP contribution in [-0.4, -0.2) is 39.4 Å². The number of benzene rings is 1. The fourth-order valence-corrected chi connectivity index (χ4v) is 3.87. The van der Waals surface area contributed by atoms with E-state index in [0.717, 1.165) is 19.4 Å². The zero-order chi connectivity index (χ0) is 13.0. The normalized spacial score (nSPS) is 18.9. The Bertz CT molecular complexity index is 465. The number of nitrogens with zero attached hydrogens (tertiary/aromatic N) is 1. The van der Waals surface area contributed by atoms with Gasteiger partial charge in [-0.15, -0.1) is 0 Å². The summed E-state index contributed by atoms with van der Waals surface area (Å²) in [5.74, 6) is 0.595. The third-order valence-corrected chi connectivity index (χ3v) is 5.36. The summed E-state index contributed by atoms with van der Waals surface area (Å²) in [6, 6.07) is 8.68. The summed E-state index contributed by atoms with van der Waals surface area (Å²) in [6.45, 7) is 2.23. The molecular formula is C13H20N2O2S. The number of hydrogen-bond donors (Lipinski definition) is 1. The van der Waals surface area contributed by atoms with Gasteiger partial charge >= 0.3 is 0 Å². The van der Waals surface area contributed by atoms with Crippen LogP contribution in [0.4, 0.5) is 0 Å². The van der Waals surface area contributed by atoms with E-state index in [1.165, 1.54) is 0 Å². The quantitative estimate of drug-likeness (QED) is 0.895. The molecule has 1 aliphatic heterocycles. The molecule has 100 valence electrons. The average molecular weight is 268 g/mol. The lowest BCUT2D eigenvalue weighted by Crippen LogP contribution is -2.40. The van der Waals surface area contributed by atoms with Gasteiger partial charge in [0.2, 0.25) is 10.0 Å². The van der Waals surface area contributed by atoms with E-state index in [1.807, 2.05) is 13.1 Å². The third kappa shape index (κ3) is 2.91. The van der Waals surface area contributed by atoms with E-state index < -0.39 is 10.0 Å². The van der Waals surface area contributed by atoms with Gasteiger partial charge in [-0.1, -0.05) is 18.2 Å². The summed E-state index contributed by atoms with van der Waals surface area (Å²) in [5.41, 5.74) is 0. The third-order valence-electron chi connectivity index (χ3n) is 3.45. The van der Waals surface area contributed by atoms with Crippen molar-refractivity contribution in [1.29, 1.82) is 0 Å². The Morgan fingerprint density at radius 1 is 1.22 bits per heavy atom. The Morgan fingerprint density at radius 3 is 2.39 bits per heavy atom. The molecule has 0 bridgehead atoms. The van der Waals surface area contributed by atoms with Crippen LogP contribution < -0.4 is 5.32 Å². The standard InChI is InChI=1S/C13H20N2O2S/c1-14-11-12-7-9-15(10-8-12)18(16,17)13-5-3-2-4-6-13/h2-6,12,14H,7-11H2,1H3. The summed E-state index contributed by atoms with van der Waals surface area (Å²) < 4.78 is 26.3. The lowest BCUT2D eigenvalue weighted by atomic mass is 9.98. The van der Waals surface area contributed by atoms with Gasteiger partial charge in [0.15, 0.2) is 0 Å². The molecule has 0 atom stereocenters. The molecular weight excluding hydrogens is 248 g/mol. The van der Waals surface area contributed by atoms with Crippen LogP contribution >= 0.6 is 0 Å². The zero-order valence-electron chi connectivity index (χ0n) is 10.7. The van der Waals surface area contributed by atoms with Gasteiger partial charge in [0.05, 0.1) is 4.90 Å². The van der Waals surface area contributed by atoms with Crippen LogP contribution in [0.25, 0.3) is 0 Å². The van der Waals surface area contributed by atoms with Crippen molar-refractivity contribution < 1.29 is 8.42 Å². The maximum absolute atomic E-state index is 12.4. The molecule has 0 radical (unpaired) electrons. The Morgan fingerprint density at radius 2 is 1.83 bits per heavy atom. The van der Waals surface area contributed by atoms with Crippen LogP contribution in [0.15, 0.2) is 35.2 Å². The average Bonchev–Trinajstić information content (AvgIpc) is 2.41. The van der Waals surface area contributed by atoms with Crippen LogP contribution in [0.1, 0.15) is 12.8 Å². The van der Waals surface area contributed by atoms with Gasteiger partial charge < -0.3 is 5.32 Å². The molecule has 1 aromatic rings. The fraction of sp³-hybridized carbons (Fsp3) is 0.538. The second-order valence-corrected chi connectivity index (χ2v) is 6.66. The van der Waals surface area contributed by atoms with Gasteiger partial charge in [0, 0.05) is 13.1 Å². The maximum Gasteiger partial charge on any atom is 0.243 e. The predicted octanol–water partition coefficient (Wildman–Crippen LogP) is 1.31. The van der Waals surface area contributed by atoms with Crippen molar-refractivity contribution in [2.45, 2.75) is 17.7 Å². The van der Waals surface area contributed by atoms with Gasteiger partial charge in [-0.05, 0) is 44.5 Å². The van der Waals surface area contributed by atoms with E-state index in [1.54, 1.807) is 28.6 Å². The SMILES string of the molecule is CNCC1CCN(S(=O)(=O)c2ccccc2)CC1. The van der Waals surface area contributed by atoms with E-state index in [4.69, 9.17) is 0 Å². The van der Waals surface area contributed by atoms with Crippen LogP contribution in [0.5, 0.6) is 0 Å². The summed E-state index contributed by atoms with van der Waals surface area (Å²) in [6.07, 6.45) is 1.87. The molecule has 1 saturated heterocycles. The first-order chi connectivity index (χ1) is 8.64. The van der Waals surface area contributed by atoms with Crippen molar-refractivity contribution >= 4 is 10.0 Å². The highest BCUT2D eigenvalue weighted by Crippen LogP contribution is 2.23. The molecule has 1 N–H and O–H groups in total. The molecule has 5 heteroatoms. The Hall–Kier alpha value is -0.910. The van der Waals surface area contributed by atoms with Gasteiger partial charge in [-0.2, -0.15) is 4.31 Å². The van der Waals surface area contributed by atoms with Crippen molar-refractivity contribution in [1.82, 2.24) is 9.62 Å². The Labute approximate surface area is 109 Å². The minimum atomic E-state index is -3.29. The molecule has 1 heterocycles. The van der Waals surface area contributed by atoms with Crippen molar-refractivity contribution in [3.05, 3.63) is 30.3 Å². The Kier molecular flexibility index (Phi) is 4.37. The maximum atomic E-state index is 12.4. The molecule has 2 rings (SSSR count). The first kappa shape index (κ1) is 13.5. The summed E-state index contributed by atoms with van der Waals surface area (Å²) >= 11 is 0. The van der Waals surface area contributed by atoms with Crippen molar-refractivity contribution in [2.24, 2.45) is 5.92 Å². The molecule has 0 saturated carbocycles. The molecule has 4 nitrogen and oxygen atoms in total. The van der Waals surface area contributed by atoms with E-state index in [9.17, 15) is 8.42 Å². The predicted molar refractivity (Wildman–Crippen MR) is 71.9 cm³/mol. The lowest BCUT2D eigenvalue weighted by molar-refractivity contribution is 0.270. The highest BCUT2D eigenvalue weighted by molar-refractivity contribution is 7.89. The number of nitrogens with one attached hydrogen (secondary N) is 1. The van der Waals surface area contributed by atoms with Gasteiger partial charge in [0.25, 0.3) is 0 Å². The molecule has 18 heavy (non-hydrogen) atoms. The summed E-state index contributed by atoms with van der Waals surface area (Å²) in [7, 11) is -1.35. The molecule has 1 aromatic carbocycles. The highest BCUT2D eigenvalue weighted by atomic mass is 32.2. The van der Waals surface area contributed by atoms with Crippen LogP contribution in [0.2, 0.25) is 0 Å². The minimum absolute atomic E-state index is 0.400. The highest BCUT2D eigenvalue weighted by Gasteiger charge is 2.28. The smallest absolute Gasteiger partial charge is 0.243 e. The van der Waals surface area contributed by atoms with Gasteiger partial charge in [-0.3, -0.25) is 0 Å². The Balaban J connectivity index is 2.05.